The average molecular weight is 301 g/mol. The molecule has 124 valence electrons. The number of carbonyl (C=O) groups is 2. The van der Waals surface area contributed by atoms with Crippen molar-refractivity contribution in [3.8, 4) is 0 Å². The van der Waals surface area contributed by atoms with Crippen LogP contribution in [0.1, 0.15) is 47.0 Å². The summed E-state index contributed by atoms with van der Waals surface area (Å²) in [5.41, 5.74) is 0. The zero-order valence-corrected chi connectivity index (χ0v) is 14.0. The summed E-state index contributed by atoms with van der Waals surface area (Å²) in [6.07, 6.45) is 2.32. The average Bonchev–Trinajstić information content (AvgIpc) is 2.36. The number of hydrogen-bond acceptors (Lipinski definition) is 3. The number of rotatable bonds is 10. The third-order valence-electron chi connectivity index (χ3n) is 3.42. The summed E-state index contributed by atoms with van der Waals surface area (Å²) in [6, 6.07) is -0.703. The van der Waals surface area contributed by atoms with Crippen molar-refractivity contribution < 1.29 is 14.7 Å². The molecule has 0 aromatic rings. The number of hydrogen-bond donors (Lipinski definition) is 3. The Bertz CT molecular complexity index is 319. The molecule has 0 heterocycles. The van der Waals surface area contributed by atoms with Crippen LogP contribution in [-0.2, 0) is 4.79 Å². The number of amides is 2. The van der Waals surface area contributed by atoms with E-state index in [9.17, 15) is 9.59 Å². The lowest BCUT2D eigenvalue weighted by Crippen LogP contribution is -2.46. The molecule has 0 aromatic carbocycles. The number of urea groups is 1. The summed E-state index contributed by atoms with van der Waals surface area (Å²) in [7, 11) is 2.08. The summed E-state index contributed by atoms with van der Waals surface area (Å²) in [4.78, 5) is 24.9. The molecule has 6 heteroatoms. The van der Waals surface area contributed by atoms with Gasteiger partial charge in [0.25, 0.3) is 0 Å². The van der Waals surface area contributed by atoms with Crippen LogP contribution in [0.2, 0.25) is 0 Å². The summed E-state index contributed by atoms with van der Waals surface area (Å²) < 4.78 is 0. The molecule has 0 aliphatic rings. The normalized spacial score (nSPS) is 12.8. The van der Waals surface area contributed by atoms with Crippen LogP contribution in [0.25, 0.3) is 0 Å². The van der Waals surface area contributed by atoms with Crippen molar-refractivity contribution in [2.75, 3.05) is 20.1 Å². The second-order valence-corrected chi connectivity index (χ2v) is 6.20. The molecular formula is C15H31N3O3. The Hall–Kier alpha value is -1.30. The number of nitrogens with zero attached hydrogens (tertiary/aromatic N) is 1. The lowest BCUT2D eigenvalue weighted by atomic mass is 10.0. The molecule has 0 saturated carbocycles. The molecule has 0 saturated heterocycles. The van der Waals surface area contributed by atoms with E-state index < -0.39 is 18.0 Å². The quantitative estimate of drug-likeness (QED) is 0.538. The molecule has 0 aliphatic carbocycles. The molecule has 1 unspecified atom stereocenters. The van der Waals surface area contributed by atoms with Gasteiger partial charge in [-0.1, -0.05) is 13.8 Å². The minimum Gasteiger partial charge on any atom is -0.480 e. The first-order valence-electron chi connectivity index (χ1n) is 7.71. The number of nitrogens with one attached hydrogen (secondary N) is 2. The number of aliphatic carboxylic acids is 1. The Morgan fingerprint density at radius 2 is 1.76 bits per heavy atom. The highest BCUT2D eigenvalue weighted by Gasteiger charge is 2.20. The van der Waals surface area contributed by atoms with Crippen molar-refractivity contribution in [3.05, 3.63) is 0 Å². The van der Waals surface area contributed by atoms with Crippen molar-refractivity contribution in [1.82, 2.24) is 15.5 Å². The van der Waals surface area contributed by atoms with Crippen LogP contribution in [0.5, 0.6) is 0 Å². The van der Waals surface area contributed by atoms with Gasteiger partial charge in [-0.25, -0.2) is 9.59 Å². The van der Waals surface area contributed by atoms with Crippen LogP contribution in [0.4, 0.5) is 4.79 Å². The third-order valence-corrected chi connectivity index (χ3v) is 3.42. The molecule has 3 N–H and O–H groups in total. The Morgan fingerprint density at radius 3 is 2.24 bits per heavy atom. The van der Waals surface area contributed by atoms with E-state index in [0.29, 0.717) is 19.0 Å². The van der Waals surface area contributed by atoms with Crippen LogP contribution < -0.4 is 10.6 Å². The van der Waals surface area contributed by atoms with Crippen molar-refractivity contribution in [3.63, 3.8) is 0 Å². The van der Waals surface area contributed by atoms with Gasteiger partial charge in [-0.3, -0.25) is 0 Å². The standard InChI is InChI=1S/C15H31N3O3/c1-11(2)10-13(14(19)20)17-15(21)16-8-6-7-9-18(5)12(3)4/h11-13H,6-10H2,1-5H3,(H,19,20)(H2,16,17,21). The van der Waals surface area contributed by atoms with Crippen molar-refractivity contribution in [1.29, 1.82) is 0 Å². The predicted octanol–water partition coefficient (Wildman–Crippen LogP) is 1.91. The van der Waals surface area contributed by atoms with E-state index >= 15 is 0 Å². The summed E-state index contributed by atoms with van der Waals surface area (Å²) in [5.74, 6) is -0.768. The van der Waals surface area contributed by atoms with E-state index in [0.717, 1.165) is 19.4 Å². The maximum Gasteiger partial charge on any atom is 0.326 e. The van der Waals surface area contributed by atoms with Gasteiger partial charge in [0.2, 0.25) is 0 Å². The van der Waals surface area contributed by atoms with Crippen LogP contribution in [0.3, 0.4) is 0 Å². The number of carboxylic acids is 1. The van der Waals surface area contributed by atoms with Crippen molar-refractivity contribution >= 4 is 12.0 Å². The third kappa shape index (κ3) is 10.1. The molecule has 1 atom stereocenters. The molecule has 0 radical (unpaired) electrons. The lowest BCUT2D eigenvalue weighted by Gasteiger charge is -2.20. The van der Waals surface area contributed by atoms with Crippen molar-refractivity contribution in [2.24, 2.45) is 5.92 Å². The smallest absolute Gasteiger partial charge is 0.326 e. The van der Waals surface area contributed by atoms with E-state index in [1.807, 2.05) is 13.8 Å². The fraction of sp³-hybridized carbons (Fsp3) is 0.867. The monoisotopic (exact) mass is 301 g/mol. The Balaban J connectivity index is 3.85. The molecule has 0 spiro atoms. The summed E-state index contributed by atoms with van der Waals surface area (Å²) >= 11 is 0. The SMILES string of the molecule is CC(C)CC(NC(=O)NCCCCN(C)C(C)C)C(=O)O. The minimum absolute atomic E-state index is 0.220. The van der Waals surface area contributed by atoms with Gasteiger partial charge in [-0.2, -0.15) is 0 Å². The number of carboxylic acid groups (broad SMARTS) is 1. The van der Waals surface area contributed by atoms with E-state index in [1.165, 1.54) is 0 Å². The van der Waals surface area contributed by atoms with Gasteiger partial charge in [-0.15, -0.1) is 0 Å². The second-order valence-electron chi connectivity index (χ2n) is 6.20. The molecule has 0 fully saturated rings. The van der Waals surface area contributed by atoms with Gasteiger partial charge in [0.15, 0.2) is 0 Å². The van der Waals surface area contributed by atoms with E-state index in [1.54, 1.807) is 0 Å². The van der Waals surface area contributed by atoms with Gasteiger partial charge < -0.3 is 20.6 Å². The van der Waals surface area contributed by atoms with Crippen LogP contribution >= 0.6 is 0 Å². The topological polar surface area (TPSA) is 81.7 Å². The minimum atomic E-state index is -0.989. The maximum atomic E-state index is 11.6. The highest BCUT2D eigenvalue weighted by atomic mass is 16.4. The molecule has 6 nitrogen and oxygen atoms in total. The maximum absolute atomic E-state index is 11.6. The van der Waals surface area contributed by atoms with Gasteiger partial charge in [0.05, 0.1) is 0 Å². The highest BCUT2D eigenvalue weighted by molar-refractivity contribution is 5.82. The Kier molecular flexibility index (Phi) is 9.78. The van der Waals surface area contributed by atoms with Gasteiger partial charge in [0.1, 0.15) is 6.04 Å². The van der Waals surface area contributed by atoms with E-state index in [4.69, 9.17) is 5.11 Å². The molecule has 0 rings (SSSR count). The molecule has 0 aliphatic heterocycles. The first-order valence-corrected chi connectivity index (χ1v) is 7.71. The van der Waals surface area contributed by atoms with E-state index in [-0.39, 0.29) is 5.92 Å². The Morgan fingerprint density at radius 1 is 1.14 bits per heavy atom. The molecular weight excluding hydrogens is 270 g/mol. The number of carbonyl (C=O) groups excluding carboxylic acids is 1. The fourth-order valence-electron chi connectivity index (χ4n) is 1.85. The van der Waals surface area contributed by atoms with E-state index in [2.05, 4.69) is 36.4 Å². The second kappa shape index (κ2) is 10.4. The molecule has 0 bridgehead atoms. The summed E-state index contributed by atoms with van der Waals surface area (Å²) in [5, 5.41) is 14.3. The zero-order valence-electron chi connectivity index (χ0n) is 14.0. The van der Waals surface area contributed by atoms with Gasteiger partial charge >= 0.3 is 12.0 Å². The Labute approximate surface area is 128 Å². The van der Waals surface area contributed by atoms with Crippen LogP contribution in [0, 0.1) is 5.92 Å². The van der Waals surface area contributed by atoms with Crippen LogP contribution in [-0.4, -0.2) is 54.2 Å². The number of unbranched alkanes of at least 4 members (excludes halogenated alkanes) is 1. The highest BCUT2D eigenvalue weighted by Crippen LogP contribution is 2.04. The fourth-order valence-corrected chi connectivity index (χ4v) is 1.85. The lowest BCUT2D eigenvalue weighted by molar-refractivity contribution is -0.139. The van der Waals surface area contributed by atoms with Crippen LogP contribution in [0.15, 0.2) is 0 Å². The summed E-state index contributed by atoms with van der Waals surface area (Å²) in [6.45, 7) is 9.71. The van der Waals surface area contributed by atoms with Crippen molar-refractivity contribution in [2.45, 2.75) is 59.0 Å². The molecule has 21 heavy (non-hydrogen) atoms. The first kappa shape index (κ1) is 19.7. The van der Waals surface area contributed by atoms with Gasteiger partial charge in [0, 0.05) is 12.6 Å². The molecule has 0 aromatic heterocycles. The zero-order chi connectivity index (χ0) is 16.4. The largest absolute Gasteiger partial charge is 0.480 e. The van der Waals surface area contributed by atoms with Gasteiger partial charge in [-0.05, 0) is 52.6 Å². The molecule has 2 amide bonds. The predicted molar refractivity (Wildman–Crippen MR) is 84.4 cm³/mol. The first-order chi connectivity index (χ1) is 9.73.